The van der Waals surface area contributed by atoms with Gasteiger partial charge in [0.25, 0.3) is 0 Å². The maximum atomic E-state index is 10.2. The van der Waals surface area contributed by atoms with Crippen molar-refractivity contribution >= 4 is 11.5 Å². The van der Waals surface area contributed by atoms with Crippen molar-refractivity contribution in [2.45, 2.75) is 13.0 Å². The van der Waals surface area contributed by atoms with Gasteiger partial charge in [-0.15, -0.1) is 5.10 Å². The molecular formula is C10H12N4O3S. The van der Waals surface area contributed by atoms with Gasteiger partial charge in [0.15, 0.2) is 0 Å². The largest absolute Gasteiger partial charge is 0.480 e. The van der Waals surface area contributed by atoms with Crippen LogP contribution in [0.25, 0.3) is 0 Å². The number of methoxy groups -OCH3 is 2. The van der Waals surface area contributed by atoms with Crippen LogP contribution in [0.1, 0.15) is 22.4 Å². The van der Waals surface area contributed by atoms with E-state index in [0.29, 0.717) is 22.1 Å². The molecule has 0 saturated carbocycles. The lowest BCUT2D eigenvalue weighted by Gasteiger charge is -2.12. The van der Waals surface area contributed by atoms with Crippen LogP contribution in [0.5, 0.6) is 11.8 Å². The summed E-state index contributed by atoms with van der Waals surface area (Å²) in [5.41, 5.74) is 0.972. The topological polar surface area (TPSA) is 90.2 Å². The third kappa shape index (κ3) is 2.24. The Labute approximate surface area is 108 Å². The summed E-state index contributed by atoms with van der Waals surface area (Å²) in [6.07, 6.45) is 0.462. The molecule has 2 rings (SSSR count). The van der Waals surface area contributed by atoms with Gasteiger partial charge in [-0.3, -0.25) is 0 Å². The molecule has 0 bridgehead atoms. The zero-order valence-corrected chi connectivity index (χ0v) is 10.9. The third-order valence-corrected chi connectivity index (χ3v) is 3.22. The monoisotopic (exact) mass is 268 g/mol. The van der Waals surface area contributed by atoms with Crippen LogP contribution in [-0.2, 0) is 0 Å². The zero-order chi connectivity index (χ0) is 13.1. The van der Waals surface area contributed by atoms with Gasteiger partial charge >= 0.3 is 0 Å². The quantitative estimate of drug-likeness (QED) is 0.874. The van der Waals surface area contributed by atoms with Gasteiger partial charge in [-0.25, -0.2) is 4.98 Å². The van der Waals surface area contributed by atoms with Crippen molar-refractivity contribution in [2.75, 3.05) is 14.2 Å². The first-order valence-electron chi connectivity index (χ1n) is 5.09. The Morgan fingerprint density at radius 1 is 1.33 bits per heavy atom. The second-order valence-corrected chi connectivity index (χ2v) is 4.22. The molecule has 18 heavy (non-hydrogen) atoms. The van der Waals surface area contributed by atoms with Crippen molar-refractivity contribution in [1.82, 2.24) is 19.6 Å². The SMILES string of the molecule is COc1cnc(C(O)c2snnc2C)c(OC)n1. The Bertz CT molecular complexity index is 546. The standard InChI is InChI=1S/C10H12N4O3S/c1-5-9(18-14-13-5)8(15)7-10(17-3)12-6(16-2)4-11-7/h4,8,15H,1-3H3. The molecule has 8 heteroatoms. The van der Waals surface area contributed by atoms with Crippen LogP contribution in [0.3, 0.4) is 0 Å². The van der Waals surface area contributed by atoms with Gasteiger partial charge in [0, 0.05) is 0 Å². The summed E-state index contributed by atoms with van der Waals surface area (Å²) < 4.78 is 13.8. The Kier molecular flexibility index (Phi) is 3.68. The van der Waals surface area contributed by atoms with E-state index in [4.69, 9.17) is 9.47 Å². The number of aliphatic hydroxyl groups is 1. The Morgan fingerprint density at radius 2 is 2.11 bits per heavy atom. The minimum Gasteiger partial charge on any atom is -0.480 e. The normalized spacial score (nSPS) is 12.2. The van der Waals surface area contributed by atoms with E-state index in [-0.39, 0.29) is 5.88 Å². The van der Waals surface area contributed by atoms with Crippen molar-refractivity contribution in [2.24, 2.45) is 0 Å². The fourth-order valence-corrected chi connectivity index (χ4v) is 2.05. The van der Waals surface area contributed by atoms with E-state index in [1.165, 1.54) is 20.4 Å². The molecule has 0 amide bonds. The number of hydrogen-bond donors (Lipinski definition) is 1. The molecule has 2 heterocycles. The highest BCUT2D eigenvalue weighted by atomic mass is 32.1. The van der Waals surface area contributed by atoms with Gasteiger partial charge in [0.2, 0.25) is 11.8 Å². The summed E-state index contributed by atoms with van der Waals surface area (Å²) in [6.45, 7) is 1.77. The Hall–Kier alpha value is -1.80. The molecule has 0 aliphatic heterocycles. The summed E-state index contributed by atoms with van der Waals surface area (Å²) >= 11 is 1.12. The van der Waals surface area contributed by atoms with Crippen molar-refractivity contribution in [1.29, 1.82) is 0 Å². The second kappa shape index (κ2) is 5.23. The van der Waals surface area contributed by atoms with E-state index < -0.39 is 6.10 Å². The maximum Gasteiger partial charge on any atom is 0.241 e. The fourth-order valence-electron chi connectivity index (χ4n) is 1.42. The lowest BCUT2D eigenvalue weighted by molar-refractivity contribution is 0.209. The van der Waals surface area contributed by atoms with Gasteiger partial charge in [-0.05, 0) is 18.5 Å². The molecule has 1 N–H and O–H groups in total. The molecule has 1 atom stereocenters. The highest BCUT2D eigenvalue weighted by Gasteiger charge is 2.23. The van der Waals surface area contributed by atoms with E-state index in [2.05, 4.69) is 19.6 Å². The number of aliphatic hydroxyl groups excluding tert-OH is 1. The van der Waals surface area contributed by atoms with Crippen molar-refractivity contribution in [3.8, 4) is 11.8 Å². The molecule has 2 aromatic heterocycles. The fraction of sp³-hybridized carbons (Fsp3) is 0.400. The highest BCUT2D eigenvalue weighted by molar-refractivity contribution is 7.05. The lowest BCUT2D eigenvalue weighted by atomic mass is 10.2. The van der Waals surface area contributed by atoms with E-state index in [1.807, 2.05) is 0 Å². The summed E-state index contributed by atoms with van der Waals surface area (Å²) in [5, 5.41) is 14.1. The average molecular weight is 268 g/mol. The van der Waals surface area contributed by atoms with E-state index in [0.717, 1.165) is 11.5 Å². The van der Waals surface area contributed by atoms with Crippen LogP contribution in [-0.4, -0.2) is 38.9 Å². The molecule has 2 aromatic rings. The molecule has 1 unspecified atom stereocenters. The van der Waals surface area contributed by atoms with Gasteiger partial charge in [-0.2, -0.15) is 4.98 Å². The zero-order valence-electron chi connectivity index (χ0n) is 10.1. The van der Waals surface area contributed by atoms with E-state index in [1.54, 1.807) is 6.92 Å². The molecule has 7 nitrogen and oxygen atoms in total. The molecular weight excluding hydrogens is 256 g/mol. The molecule has 0 aromatic carbocycles. The van der Waals surface area contributed by atoms with Crippen LogP contribution >= 0.6 is 11.5 Å². The molecule has 0 saturated heterocycles. The molecule has 0 fully saturated rings. The Morgan fingerprint density at radius 3 is 2.67 bits per heavy atom. The van der Waals surface area contributed by atoms with E-state index >= 15 is 0 Å². The predicted octanol–water partition coefficient (Wildman–Crippen LogP) is 0.735. The molecule has 96 valence electrons. The van der Waals surface area contributed by atoms with Gasteiger partial charge in [-0.1, -0.05) is 4.49 Å². The van der Waals surface area contributed by atoms with Crippen LogP contribution in [0.15, 0.2) is 6.20 Å². The molecule has 0 aliphatic carbocycles. The van der Waals surface area contributed by atoms with Crippen LogP contribution in [0.2, 0.25) is 0 Å². The van der Waals surface area contributed by atoms with Crippen molar-refractivity contribution in [3.63, 3.8) is 0 Å². The molecule has 0 aliphatic rings. The molecule has 0 spiro atoms. The number of aromatic nitrogens is 4. The number of ether oxygens (including phenoxy) is 2. The number of aryl methyl sites for hydroxylation is 1. The smallest absolute Gasteiger partial charge is 0.241 e. The summed E-state index contributed by atoms with van der Waals surface area (Å²) in [6, 6.07) is 0. The first-order valence-corrected chi connectivity index (χ1v) is 5.86. The summed E-state index contributed by atoms with van der Waals surface area (Å²) in [5.74, 6) is 0.539. The minimum atomic E-state index is -0.960. The van der Waals surface area contributed by atoms with Gasteiger partial charge in [0.1, 0.15) is 11.8 Å². The Balaban J connectivity index is 2.41. The van der Waals surface area contributed by atoms with Crippen LogP contribution < -0.4 is 9.47 Å². The highest BCUT2D eigenvalue weighted by Crippen LogP contribution is 2.30. The van der Waals surface area contributed by atoms with Crippen molar-refractivity contribution < 1.29 is 14.6 Å². The average Bonchev–Trinajstić information content (AvgIpc) is 2.83. The predicted molar refractivity (Wildman–Crippen MR) is 63.8 cm³/mol. The van der Waals surface area contributed by atoms with Crippen LogP contribution in [0.4, 0.5) is 0 Å². The number of hydrogen-bond acceptors (Lipinski definition) is 8. The van der Waals surface area contributed by atoms with Crippen molar-refractivity contribution in [3.05, 3.63) is 22.5 Å². The number of nitrogens with zero attached hydrogens (tertiary/aromatic N) is 4. The first kappa shape index (κ1) is 12.7. The first-order chi connectivity index (χ1) is 8.67. The molecule has 0 radical (unpaired) electrons. The maximum absolute atomic E-state index is 10.2. The second-order valence-electron chi connectivity index (χ2n) is 3.43. The van der Waals surface area contributed by atoms with Gasteiger partial charge in [0.05, 0.1) is 31.0 Å². The van der Waals surface area contributed by atoms with Crippen LogP contribution in [0, 0.1) is 6.92 Å². The minimum absolute atomic E-state index is 0.217. The summed E-state index contributed by atoms with van der Waals surface area (Å²) in [7, 11) is 2.94. The van der Waals surface area contributed by atoms with Gasteiger partial charge < -0.3 is 14.6 Å². The summed E-state index contributed by atoms with van der Waals surface area (Å²) in [4.78, 5) is 8.79. The third-order valence-electron chi connectivity index (χ3n) is 2.34. The lowest BCUT2D eigenvalue weighted by Crippen LogP contribution is -2.07. The number of rotatable bonds is 4. The van der Waals surface area contributed by atoms with E-state index in [9.17, 15) is 5.11 Å².